The van der Waals surface area contributed by atoms with Gasteiger partial charge in [-0.3, -0.25) is 9.89 Å². The second-order valence-electron chi connectivity index (χ2n) is 9.85. The summed E-state index contributed by atoms with van der Waals surface area (Å²) in [7, 11) is 0. The third kappa shape index (κ3) is 13.8. The molecule has 0 atom stereocenters. The van der Waals surface area contributed by atoms with E-state index in [1.807, 2.05) is 44.3 Å². The quantitative estimate of drug-likeness (QED) is 0.153. The topological polar surface area (TPSA) is 99.8 Å². The summed E-state index contributed by atoms with van der Waals surface area (Å²) in [4.78, 5) is 24.0. The Morgan fingerprint density at radius 1 is 0.867 bits per heavy atom. The van der Waals surface area contributed by atoms with E-state index < -0.39 is 11.7 Å². The number of anilines is 3. The molecule has 2 heterocycles. The van der Waals surface area contributed by atoms with E-state index in [0.29, 0.717) is 12.0 Å². The average molecular weight is 626 g/mol. The molecule has 0 spiro atoms. The van der Waals surface area contributed by atoms with E-state index in [4.69, 9.17) is 4.79 Å². The summed E-state index contributed by atoms with van der Waals surface area (Å²) in [5, 5.41) is 13.5. The molecule has 4 rings (SSSR count). The summed E-state index contributed by atoms with van der Waals surface area (Å²) >= 11 is 0. The monoisotopic (exact) mass is 625 g/mol. The van der Waals surface area contributed by atoms with Crippen molar-refractivity contribution in [1.82, 2.24) is 15.2 Å². The van der Waals surface area contributed by atoms with E-state index in [1.54, 1.807) is 13.0 Å². The fraction of sp³-hybridized carbons (Fsp3) is 0.371. The molecule has 10 heteroatoms. The number of pyridine rings is 1. The molecule has 7 nitrogen and oxygen atoms in total. The Morgan fingerprint density at radius 3 is 2.16 bits per heavy atom. The number of aryl methyl sites for hydroxylation is 6. The normalized spacial score (nSPS) is 10.2. The second kappa shape index (κ2) is 20.5. The van der Waals surface area contributed by atoms with Gasteiger partial charge >= 0.3 is 6.18 Å². The Hall–Kier alpha value is -4.47. The lowest BCUT2D eigenvalue weighted by Gasteiger charge is -2.09. The first-order valence-corrected chi connectivity index (χ1v) is 15.2. The number of rotatable bonds is 10. The molecule has 0 saturated heterocycles. The van der Waals surface area contributed by atoms with Crippen LogP contribution in [0.1, 0.15) is 80.1 Å². The van der Waals surface area contributed by atoms with Crippen LogP contribution >= 0.6 is 0 Å². The van der Waals surface area contributed by atoms with Crippen molar-refractivity contribution in [2.75, 3.05) is 10.6 Å². The zero-order valence-corrected chi connectivity index (χ0v) is 27.3. The third-order valence-corrected chi connectivity index (χ3v) is 6.45. The molecule has 2 aromatic heterocycles. The summed E-state index contributed by atoms with van der Waals surface area (Å²) in [6.07, 6.45) is 4.08. The number of hydrogen-bond acceptors (Lipinski definition) is 5. The molecule has 45 heavy (non-hydrogen) atoms. The van der Waals surface area contributed by atoms with Gasteiger partial charge < -0.3 is 15.4 Å². The number of alkyl halides is 3. The van der Waals surface area contributed by atoms with Gasteiger partial charge in [0.25, 0.3) is 0 Å². The molecule has 0 fully saturated rings. The maximum Gasteiger partial charge on any atom is 0.416 e. The number of nitrogens with zero attached hydrogens (tertiary/aromatic N) is 2. The van der Waals surface area contributed by atoms with Gasteiger partial charge in [-0.05, 0) is 93.0 Å². The second-order valence-corrected chi connectivity index (χ2v) is 9.85. The maximum atomic E-state index is 12.0. The molecular formula is C35H46F3N5O2. The van der Waals surface area contributed by atoms with E-state index >= 15 is 0 Å². The number of H-pyrrole nitrogens is 1. The highest BCUT2D eigenvalue weighted by Crippen LogP contribution is 2.29. The van der Waals surface area contributed by atoms with Gasteiger partial charge in [0.15, 0.2) is 5.82 Å². The molecular weight excluding hydrogens is 579 g/mol. The standard InChI is InChI=1S/C23H29N5O.C8H7F3.C2H4O.C2H6/c1-4-6-19-12-22(24-14-17(19)5-2)26-23-13-21(27-28-23)10-8-18-11-20(25-15-29)9-7-16(18)3;1-6-3-2-4-7(5-6)8(9,10)11;1-2-3;1-2/h7,9,11-15H,4-6,8,10H2,1-3H3,(H,25,29)(H2,24,26,27,28);2-5H,1H3;2H,1H3;1-2H3. The summed E-state index contributed by atoms with van der Waals surface area (Å²) in [5.74, 6) is 1.60. The smallest absolute Gasteiger partial charge is 0.329 e. The number of hydrogen-bond donors (Lipinski definition) is 3. The highest BCUT2D eigenvalue weighted by atomic mass is 19.4. The van der Waals surface area contributed by atoms with Crippen LogP contribution in [0.25, 0.3) is 0 Å². The molecule has 0 aliphatic carbocycles. The van der Waals surface area contributed by atoms with Gasteiger partial charge in [-0.15, -0.1) is 0 Å². The summed E-state index contributed by atoms with van der Waals surface area (Å²) < 4.78 is 35.9. The van der Waals surface area contributed by atoms with Crippen molar-refractivity contribution >= 4 is 30.0 Å². The van der Waals surface area contributed by atoms with Crippen LogP contribution < -0.4 is 10.6 Å². The summed E-state index contributed by atoms with van der Waals surface area (Å²) in [6.45, 7) is 13.5. The van der Waals surface area contributed by atoms with Crippen LogP contribution in [-0.2, 0) is 41.4 Å². The first kappa shape index (κ1) is 38.6. The van der Waals surface area contributed by atoms with Crippen LogP contribution in [0.15, 0.2) is 60.8 Å². The van der Waals surface area contributed by atoms with Crippen LogP contribution in [0.5, 0.6) is 0 Å². The Kier molecular flexibility index (Phi) is 17.5. The lowest BCUT2D eigenvalue weighted by Crippen LogP contribution is -2.04. The van der Waals surface area contributed by atoms with Crippen LogP contribution in [0, 0.1) is 13.8 Å². The Morgan fingerprint density at radius 2 is 1.58 bits per heavy atom. The maximum absolute atomic E-state index is 12.0. The number of benzene rings is 2. The molecule has 2 aromatic carbocycles. The number of carbonyl (C=O) groups is 2. The lowest BCUT2D eigenvalue weighted by molar-refractivity contribution is -0.137. The van der Waals surface area contributed by atoms with Gasteiger partial charge in [0.05, 0.1) is 5.56 Å². The first-order chi connectivity index (χ1) is 21.5. The molecule has 0 aliphatic heterocycles. The van der Waals surface area contributed by atoms with Crippen molar-refractivity contribution < 1.29 is 22.8 Å². The number of aldehydes is 1. The Balaban J connectivity index is 0.000000525. The summed E-state index contributed by atoms with van der Waals surface area (Å²) in [5.41, 5.74) is 6.99. The number of amides is 1. The fourth-order valence-electron chi connectivity index (χ4n) is 4.29. The lowest BCUT2D eigenvalue weighted by atomic mass is 10.0. The van der Waals surface area contributed by atoms with E-state index in [9.17, 15) is 18.0 Å². The molecule has 1 amide bonds. The minimum absolute atomic E-state index is 0.586. The van der Waals surface area contributed by atoms with E-state index in [-0.39, 0.29) is 0 Å². The predicted octanol–water partition coefficient (Wildman–Crippen LogP) is 8.97. The first-order valence-electron chi connectivity index (χ1n) is 15.2. The van der Waals surface area contributed by atoms with Crippen molar-refractivity contribution in [3.8, 4) is 0 Å². The number of nitrogens with one attached hydrogen (secondary N) is 3. The van der Waals surface area contributed by atoms with Crippen molar-refractivity contribution in [1.29, 1.82) is 0 Å². The molecule has 0 bridgehead atoms. The fourth-order valence-corrected chi connectivity index (χ4v) is 4.29. The Labute approximate surface area is 265 Å². The molecule has 0 aliphatic rings. The van der Waals surface area contributed by atoms with Crippen molar-refractivity contribution in [3.63, 3.8) is 0 Å². The number of aromatic amines is 1. The zero-order valence-electron chi connectivity index (χ0n) is 27.3. The van der Waals surface area contributed by atoms with E-state index in [0.717, 1.165) is 73.5 Å². The van der Waals surface area contributed by atoms with Crippen molar-refractivity contribution in [2.24, 2.45) is 0 Å². The van der Waals surface area contributed by atoms with Gasteiger partial charge in [-0.1, -0.05) is 63.9 Å². The van der Waals surface area contributed by atoms with Crippen LogP contribution in [0.2, 0.25) is 0 Å². The third-order valence-electron chi connectivity index (χ3n) is 6.45. The minimum Gasteiger partial charge on any atom is -0.329 e. The van der Waals surface area contributed by atoms with Crippen LogP contribution in [0.3, 0.4) is 0 Å². The van der Waals surface area contributed by atoms with Crippen molar-refractivity contribution in [2.45, 2.75) is 86.7 Å². The molecule has 4 aromatic rings. The van der Waals surface area contributed by atoms with Gasteiger partial charge in [0.1, 0.15) is 12.1 Å². The van der Waals surface area contributed by atoms with E-state index in [2.05, 4.69) is 52.7 Å². The van der Waals surface area contributed by atoms with Gasteiger partial charge in [-0.2, -0.15) is 18.3 Å². The van der Waals surface area contributed by atoms with Crippen LogP contribution in [0.4, 0.5) is 30.5 Å². The number of aromatic nitrogens is 3. The Bertz CT molecular complexity index is 1450. The predicted molar refractivity (Wildman–Crippen MR) is 177 cm³/mol. The van der Waals surface area contributed by atoms with Gasteiger partial charge in [0.2, 0.25) is 6.41 Å². The highest BCUT2D eigenvalue weighted by molar-refractivity contribution is 5.71. The molecule has 244 valence electrons. The highest BCUT2D eigenvalue weighted by Gasteiger charge is 2.29. The number of carbonyl (C=O) groups excluding carboxylic acids is 2. The van der Waals surface area contributed by atoms with Gasteiger partial charge in [0, 0.05) is 23.6 Å². The van der Waals surface area contributed by atoms with Crippen LogP contribution in [-0.4, -0.2) is 27.9 Å². The van der Waals surface area contributed by atoms with Crippen molar-refractivity contribution in [3.05, 3.63) is 99.9 Å². The largest absolute Gasteiger partial charge is 0.416 e. The SMILES string of the molecule is CC.CC=O.CCCc1cc(Nc2cc(CCc3cc(NC=O)ccc3C)[nH]n2)ncc1CC.Cc1cccc(C(F)(F)F)c1. The molecule has 0 radical (unpaired) electrons. The number of halogens is 3. The molecule has 0 saturated carbocycles. The molecule has 3 N–H and O–H groups in total. The zero-order chi connectivity index (χ0) is 33.8. The van der Waals surface area contributed by atoms with E-state index in [1.165, 1.54) is 35.2 Å². The molecule has 0 unspecified atom stereocenters. The summed E-state index contributed by atoms with van der Waals surface area (Å²) in [6, 6.07) is 15.3. The van der Waals surface area contributed by atoms with Gasteiger partial charge in [-0.25, -0.2) is 4.98 Å². The minimum atomic E-state index is -4.22. The average Bonchev–Trinajstić information content (AvgIpc) is 3.46.